The molecule has 0 aromatic carbocycles. The minimum Gasteiger partial charge on any atom is -0.330 e. The lowest BCUT2D eigenvalue weighted by atomic mass is 9.49. The fraction of sp³-hybridized carbons (Fsp3) is 1.00. The molecule has 0 amide bonds. The van der Waals surface area contributed by atoms with Crippen molar-refractivity contribution >= 4 is 0 Å². The van der Waals surface area contributed by atoms with Crippen LogP contribution in [0.1, 0.15) is 51.4 Å². The Labute approximate surface area is 118 Å². The number of nitrogens with two attached hydrogens (primary N) is 1. The topological polar surface area (TPSA) is 29.3 Å². The van der Waals surface area contributed by atoms with Crippen molar-refractivity contribution in [1.29, 1.82) is 0 Å². The van der Waals surface area contributed by atoms with Gasteiger partial charge >= 0.3 is 0 Å². The first kappa shape index (κ1) is 12.6. The monoisotopic (exact) mass is 262 g/mol. The molecule has 0 spiro atoms. The highest BCUT2D eigenvalue weighted by atomic mass is 15.1. The summed E-state index contributed by atoms with van der Waals surface area (Å²) in [7, 11) is 0. The van der Waals surface area contributed by atoms with Gasteiger partial charge in [-0.1, -0.05) is 0 Å². The van der Waals surface area contributed by atoms with Gasteiger partial charge in [-0.2, -0.15) is 0 Å². The van der Waals surface area contributed by atoms with E-state index in [1.54, 1.807) is 38.5 Å². The number of likely N-dealkylation sites (tertiary alicyclic amines) is 1. The van der Waals surface area contributed by atoms with Crippen molar-refractivity contribution < 1.29 is 0 Å². The summed E-state index contributed by atoms with van der Waals surface area (Å²) in [6, 6.07) is 0. The lowest BCUT2D eigenvalue weighted by molar-refractivity contribution is -0.0731. The van der Waals surface area contributed by atoms with Gasteiger partial charge in [0.05, 0.1) is 0 Å². The Balaban J connectivity index is 1.44. The average molecular weight is 262 g/mol. The Kier molecular flexibility index (Phi) is 3.15. The Bertz CT molecular complexity index is 303. The van der Waals surface area contributed by atoms with Gasteiger partial charge in [0.2, 0.25) is 0 Å². The molecule has 5 rings (SSSR count). The lowest BCUT2D eigenvalue weighted by Gasteiger charge is -2.58. The summed E-state index contributed by atoms with van der Waals surface area (Å²) in [6.07, 6.45) is 12.1. The van der Waals surface area contributed by atoms with Gasteiger partial charge in [-0.05, 0) is 93.5 Å². The largest absolute Gasteiger partial charge is 0.330 e. The Morgan fingerprint density at radius 3 is 2.21 bits per heavy atom. The minimum absolute atomic E-state index is 0.727. The molecule has 5 fully saturated rings. The number of nitrogens with zero attached hydrogens (tertiary/aromatic N) is 1. The third-order valence-corrected chi connectivity index (χ3v) is 6.66. The molecule has 2 N–H and O–H groups in total. The first-order chi connectivity index (χ1) is 9.25. The molecule has 5 aliphatic rings. The maximum Gasteiger partial charge on any atom is 0.00384 e. The lowest BCUT2D eigenvalue weighted by Crippen LogP contribution is -2.52. The number of rotatable bonds is 3. The summed E-state index contributed by atoms with van der Waals surface area (Å²) < 4.78 is 0. The average Bonchev–Trinajstić information content (AvgIpc) is 2.36. The minimum atomic E-state index is 0.727. The molecule has 1 atom stereocenters. The van der Waals surface area contributed by atoms with Crippen molar-refractivity contribution in [3.8, 4) is 0 Å². The van der Waals surface area contributed by atoms with Crippen molar-refractivity contribution in [3.05, 3.63) is 0 Å². The molecule has 0 aromatic rings. The summed E-state index contributed by atoms with van der Waals surface area (Å²) in [6.45, 7) is 4.95. The molecule has 19 heavy (non-hydrogen) atoms. The summed E-state index contributed by atoms with van der Waals surface area (Å²) in [5.41, 5.74) is 6.63. The zero-order chi connectivity index (χ0) is 12.9. The second kappa shape index (κ2) is 4.73. The van der Waals surface area contributed by atoms with E-state index in [0.717, 1.165) is 35.6 Å². The maximum atomic E-state index is 5.90. The molecule has 4 saturated carbocycles. The van der Waals surface area contributed by atoms with Crippen LogP contribution in [0.2, 0.25) is 0 Å². The van der Waals surface area contributed by atoms with Crippen LogP contribution >= 0.6 is 0 Å². The smallest absolute Gasteiger partial charge is 0.00384 e. The first-order valence-electron chi connectivity index (χ1n) is 8.67. The zero-order valence-electron chi connectivity index (χ0n) is 12.3. The highest BCUT2D eigenvalue weighted by Gasteiger charge is 2.51. The quantitative estimate of drug-likeness (QED) is 0.847. The van der Waals surface area contributed by atoms with Crippen molar-refractivity contribution in [2.75, 3.05) is 26.2 Å². The van der Waals surface area contributed by atoms with Crippen LogP contribution in [0.4, 0.5) is 0 Å². The van der Waals surface area contributed by atoms with Crippen LogP contribution in [0.15, 0.2) is 0 Å². The van der Waals surface area contributed by atoms with E-state index in [-0.39, 0.29) is 0 Å². The van der Waals surface area contributed by atoms with E-state index in [2.05, 4.69) is 4.90 Å². The predicted octanol–water partition coefficient (Wildman–Crippen LogP) is 2.87. The van der Waals surface area contributed by atoms with Gasteiger partial charge in [-0.15, -0.1) is 0 Å². The molecule has 4 bridgehead atoms. The fourth-order valence-electron chi connectivity index (χ4n) is 6.45. The molecule has 2 nitrogen and oxygen atoms in total. The summed E-state index contributed by atoms with van der Waals surface area (Å²) in [5.74, 6) is 4.08. The number of piperidine rings is 1. The van der Waals surface area contributed by atoms with Crippen LogP contribution in [-0.4, -0.2) is 31.1 Å². The normalized spacial score (nSPS) is 49.7. The molecule has 4 aliphatic carbocycles. The second-order valence-corrected chi connectivity index (χ2v) is 8.40. The van der Waals surface area contributed by atoms with E-state index in [1.807, 2.05) is 0 Å². The van der Waals surface area contributed by atoms with E-state index < -0.39 is 0 Å². The van der Waals surface area contributed by atoms with Crippen LogP contribution in [0.3, 0.4) is 0 Å². The van der Waals surface area contributed by atoms with E-state index in [1.165, 1.54) is 32.5 Å². The predicted molar refractivity (Wildman–Crippen MR) is 78.8 cm³/mol. The Morgan fingerprint density at radius 2 is 1.63 bits per heavy atom. The van der Waals surface area contributed by atoms with Crippen LogP contribution < -0.4 is 5.73 Å². The van der Waals surface area contributed by atoms with Crippen LogP contribution in [0.25, 0.3) is 0 Å². The summed E-state index contributed by atoms with van der Waals surface area (Å²) in [4.78, 5) is 2.79. The molecule has 0 aromatic heterocycles. The molecular formula is C17H30N2. The third kappa shape index (κ3) is 2.35. The van der Waals surface area contributed by atoms with Gasteiger partial charge < -0.3 is 10.6 Å². The van der Waals surface area contributed by atoms with Crippen LogP contribution in [-0.2, 0) is 0 Å². The van der Waals surface area contributed by atoms with E-state index in [0.29, 0.717) is 0 Å². The second-order valence-electron chi connectivity index (χ2n) is 8.40. The fourth-order valence-corrected chi connectivity index (χ4v) is 6.45. The SMILES string of the molecule is NCC1CCCN(CC23CC4CC(CC(C4)C2)C3)C1. The Morgan fingerprint density at radius 1 is 1.00 bits per heavy atom. The maximum absolute atomic E-state index is 5.90. The third-order valence-electron chi connectivity index (χ3n) is 6.66. The molecular weight excluding hydrogens is 232 g/mol. The van der Waals surface area contributed by atoms with Crippen molar-refractivity contribution in [2.45, 2.75) is 51.4 Å². The highest BCUT2D eigenvalue weighted by Crippen LogP contribution is 2.60. The van der Waals surface area contributed by atoms with Gasteiger partial charge in [0.15, 0.2) is 0 Å². The number of hydrogen-bond donors (Lipinski definition) is 1. The van der Waals surface area contributed by atoms with Crippen LogP contribution in [0.5, 0.6) is 0 Å². The molecule has 1 unspecified atom stereocenters. The summed E-state index contributed by atoms with van der Waals surface area (Å²) in [5, 5.41) is 0. The molecule has 2 heteroatoms. The van der Waals surface area contributed by atoms with Crippen molar-refractivity contribution in [3.63, 3.8) is 0 Å². The molecule has 1 aliphatic heterocycles. The van der Waals surface area contributed by atoms with Crippen LogP contribution in [0, 0.1) is 29.1 Å². The van der Waals surface area contributed by atoms with Gasteiger partial charge in [-0.25, -0.2) is 0 Å². The van der Waals surface area contributed by atoms with Gasteiger partial charge in [-0.3, -0.25) is 0 Å². The highest BCUT2D eigenvalue weighted by molar-refractivity contribution is 5.02. The summed E-state index contributed by atoms with van der Waals surface area (Å²) >= 11 is 0. The standard InChI is InChI=1S/C17H30N2/c18-10-13-2-1-3-19(11-13)12-17-7-14-4-15(8-17)6-16(5-14)9-17/h13-16H,1-12,18H2. The van der Waals surface area contributed by atoms with Crippen molar-refractivity contribution in [1.82, 2.24) is 4.90 Å². The van der Waals surface area contributed by atoms with E-state index >= 15 is 0 Å². The first-order valence-corrected chi connectivity index (χ1v) is 8.67. The molecule has 108 valence electrons. The number of hydrogen-bond acceptors (Lipinski definition) is 2. The molecule has 1 saturated heterocycles. The molecule has 0 radical (unpaired) electrons. The van der Waals surface area contributed by atoms with Gasteiger partial charge in [0, 0.05) is 13.1 Å². The van der Waals surface area contributed by atoms with Crippen molar-refractivity contribution in [2.24, 2.45) is 34.8 Å². The van der Waals surface area contributed by atoms with Gasteiger partial charge in [0.1, 0.15) is 0 Å². The van der Waals surface area contributed by atoms with E-state index in [9.17, 15) is 0 Å². The van der Waals surface area contributed by atoms with E-state index in [4.69, 9.17) is 5.73 Å². The zero-order valence-corrected chi connectivity index (χ0v) is 12.3. The molecule has 1 heterocycles. The van der Waals surface area contributed by atoms with Gasteiger partial charge in [0.25, 0.3) is 0 Å². The Hall–Kier alpha value is -0.0800.